The standard InChI is InChI=1S/C27H31ClN4O3S2/c1-20-7-8-23(17-24(20)28)37(34,35)32-11-9-22(10-12-32)26-29-25(19-36-26)27(33)31-15-13-30(14-16-31)18-21-5-3-2-4-6-21/h2-8,17,19,22H,9-16,18H2,1H3. The summed E-state index contributed by atoms with van der Waals surface area (Å²) in [6.07, 6.45) is 1.36. The third-order valence-corrected chi connectivity index (χ3v) is 10.5. The van der Waals surface area contributed by atoms with Crippen LogP contribution in [0.25, 0.3) is 0 Å². The first-order valence-electron chi connectivity index (χ1n) is 12.6. The summed E-state index contributed by atoms with van der Waals surface area (Å²) < 4.78 is 27.7. The Morgan fingerprint density at radius 3 is 2.41 bits per heavy atom. The number of thiazole rings is 1. The van der Waals surface area contributed by atoms with E-state index in [9.17, 15) is 13.2 Å². The van der Waals surface area contributed by atoms with Gasteiger partial charge >= 0.3 is 0 Å². The molecule has 1 amide bonds. The number of amides is 1. The third-order valence-electron chi connectivity index (χ3n) is 7.23. The zero-order valence-electron chi connectivity index (χ0n) is 20.8. The first kappa shape index (κ1) is 26.3. The molecule has 2 aromatic carbocycles. The van der Waals surface area contributed by atoms with Gasteiger partial charge in [-0.15, -0.1) is 11.3 Å². The van der Waals surface area contributed by atoms with Gasteiger partial charge in [0.15, 0.2) is 0 Å². The number of aryl methyl sites for hydroxylation is 1. The second-order valence-electron chi connectivity index (χ2n) is 9.71. The van der Waals surface area contributed by atoms with E-state index < -0.39 is 10.0 Å². The van der Waals surface area contributed by atoms with Crippen molar-refractivity contribution in [3.8, 4) is 0 Å². The van der Waals surface area contributed by atoms with Crippen LogP contribution in [0.1, 0.15) is 45.4 Å². The second kappa shape index (κ2) is 11.2. The van der Waals surface area contributed by atoms with Crippen molar-refractivity contribution in [1.29, 1.82) is 0 Å². The van der Waals surface area contributed by atoms with Gasteiger partial charge in [0.1, 0.15) is 5.69 Å². The van der Waals surface area contributed by atoms with Crippen molar-refractivity contribution < 1.29 is 13.2 Å². The molecule has 2 saturated heterocycles. The van der Waals surface area contributed by atoms with Crippen molar-refractivity contribution in [3.63, 3.8) is 0 Å². The fourth-order valence-electron chi connectivity index (χ4n) is 4.91. The Morgan fingerprint density at radius 2 is 1.73 bits per heavy atom. The molecule has 0 spiro atoms. The van der Waals surface area contributed by atoms with Crippen LogP contribution in [0.4, 0.5) is 0 Å². The highest BCUT2D eigenvalue weighted by Crippen LogP contribution is 2.33. The van der Waals surface area contributed by atoms with Crippen molar-refractivity contribution in [3.05, 3.63) is 80.8 Å². The number of sulfonamides is 1. The topological polar surface area (TPSA) is 73.8 Å². The maximum Gasteiger partial charge on any atom is 0.273 e. The highest BCUT2D eigenvalue weighted by atomic mass is 35.5. The number of hydrogen-bond acceptors (Lipinski definition) is 6. The first-order chi connectivity index (χ1) is 17.8. The zero-order chi connectivity index (χ0) is 26.0. The summed E-state index contributed by atoms with van der Waals surface area (Å²) in [5.41, 5.74) is 2.64. The Balaban J connectivity index is 1.15. The average molecular weight is 559 g/mol. The number of halogens is 1. The Morgan fingerprint density at radius 1 is 1.03 bits per heavy atom. The van der Waals surface area contributed by atoms with E-state index in [1.807, 2.05) is 23.3 Å². The maximum atomic E-state index is 13.1. The molecule has 0 unspecified atom stereocenters. The van der Waals surface area contributed by atoms with Crippen LogP contribution in [-0.2, 0) is 16.6 Å². The van der Waals surface area contributed by atoms with Crippen molar-refractivity contribution in [2.45, 2.75) is 37.1 Å². The number of benzene rings is 2. The van der Waals surface area contributed by atoms with E-state index in [1.165, 1.54) is 27.3 Å². The van der Waals surface area contributed by atoms with Crippen LogP contribution in [0.15, 0.2) is 58.8 Å². The highest BCUT2D eigenvalue weighted by Gasteiger charge is 2.32. The Labute approximate surface area is 227 Å². The molecule has 5 rings (SSSR count). The van der Waals surface area contributed by atoms with Crippen LogP contribution < -0.4 is 0 Å². The van der Waals surface area contributed by atoms with Gasteiger partial charge in [0.25, 0.3) is 5.91 Å². The normalized spacial score (nSPS) is 18.3. The van der Waals surface area contributed by atoms with E-state index in [0.717, 1.165) is 30.2 Å². The molecule has 196 valence electrons. The van der Waals surface area contributed by atoms with E-state index in [4.69, 9.17) is 16.6 Å². The van der Waals surface area contributed by atoms with E-state index in [1.54, 1.807) is 12.1 Å². The molecule has 0 atom stereocenters. The average Bonchev–Trinajstić information content (AvgIpc) is 3.41. The van der Waals surface area contributed by atoms with Crippen molar-refractivity contribution in [2.75, 3.05) is 39.3 Å². The van der Waals surface area contributed by atoms with E-state index >= 15 is 0 Å². The summed E-state index contributed by atoms with van der Waals surface area (Å²) >= 11 is 7.67. The van der Waals surface area contributed by atoms with Crippen molar-refractivity contribution in [1.82, 2.24) is 19.1 Å². The summed E-state index contributed by atoms with van der Waals surface area (Å²) in [5, 5.41) is 3.22. The Kier molecular flexibility index (Phi) is 7.97. The van der Waals surface area contributed by atoms with Crippen LogP contribution in [0.5, 0.6) is 0 Å². The monoisotopic (exact) mass is 558 g/mol. The second-order valence-corrected chi connectivity index (χ2v) is 12.9. The summed E-state index contributed by atoms with van der Waals surface area (Å²) in [4.78, 5) is 22.3. The minimum atomic E-state index is -3.59. The van der Waals surface area contributed by atoms with Gasteiger partial charge in [0, 0.05) is 62.1 Å². The van der Waals surface area contributed by atoms with Crippen LogP contribution in [0.2, 0.25) is 5.02 Å². The van der Waals surface area contributed by atoms with Crippen molar-refractivity contribution in [2.24, 2.45) is 0 Å². The molecule has 3 aromatic rings. The number of hydrogen-bond donors (Lipinski definition) is 0. The van der Waals surface area contributed by atoms with Crippen molar-refractivity contribution >= 4 is 38.9 Å². The molecular formula is C27H31ClN4O3S2. The number of aromatic nitrogens is 1. The number of piperidine rings is 1. The Bertz CT molecular complexity index is 1350. The number of rotatable bonds is 6. The largest absolute Gasteiger partial charge is 0.335 e. The summed E-state index contributed by atoms with van der Waals surface area (Å²) in [6, 6.07) is 15.3. The third kappa shape index (κ3) is 5.91. The molecule has 3 heterocycles. The Hall–Kier alpha value is -2.30. The van der Waals surface area contributed by atoms with Crippen LogP contribution >= 0.6 is 22.9 Å². The van der Waals surface area contributed by atoms with Gasteiger partial charge in [0.05, 0.1) is 9.90 Å². The van der Waals surface area contributed by atoms with Gasteiger partial charge in [-0.25, -0.2) is 13.4 Å². The smallest absolute Gasteiger partial charge is 0.273 e. The van der Waals surface area contributed by atoms with Gasteiger partial charge in [0.2, 0.25) is 10.0 Å². The molecule has 7 nitrogen and oxygen atoms in total. The molecular weight excluding hydrogens is 528 g/mol. The number of nitrogens with zero attached hydrogens (tertiary/aromatic N) is 4. The number of carbonyl (C=O) groups excluding carboxylic acids is 1. The molecule has 2 fully saturated rings. The molecule has 37 heavy (non-hydrogen) atoms. The van der Waals surface area contributed by atoms with Gasteiger partial charge in [-0.2, -0.15) is 4.31 Å². The lowest BCUT2D eigenvalue weighted by atomic mass is 9.99. The molecule has 2 aliphatic heterocycles. The molecule has 0 radical (unpaired) electrons. The lowest BCUT2D eigenvalue weighted by molar-refractivity contribution is 0.0623. The number of piperazine rings is 1. The van der Waals surface area contributed by atoms with Crippen LogP contribution in [0, 0.1) is 6.92 Å². The highest BCUT2D eigenvalue weighted by molar-refractivity contribution is 7.89. The molecule has 0 N–H and O–H groups in total. The molecule has 0 bridgehead atoms. The molecule has 0 saturated carbocycles. The fraction of sp³-hybridized carbons (Fsp3) is 0.407. The van der Waals surface area contributed by atoms with E-state index in [0.29, 0.717) is 49.7 Å². The SMILES string of the molecule is Cc1ccc(S(=O)(=O)N2CCC(c3nc(C(=O)N4CCN(Cc5ccccc5)CC4)cs3)CC2)cc1Cl. The van der Waals surface area contributed by atoms with Gasteiger partial charge in [-0.1, -0.05) is 48.0 Å². The van der Waals surface area contributed by atoms with Gasteiger partial charge < -0.3 is 4.90 Å². The molecule has 2 aliphatic rings. The minimum absolute atomic E-state index is 0.0156. The predicted molar refractivity (Wildman–Crippen MR) is 147 cm³/mol. The van der Waals surface area contributed by atoms with E-state index in [2.05, 4.69) is 29.2 Å². The molecule has 1 aromatic heterocycles. The molecule has 10 heteroatoms. The minimum Gasteiger partial charge on any atom is -0.335 e. The van der Waals surface area contributed by atoms with Gasteiger partial charge in [-0.05, 0) is 43.0 Å². The predicted octanol–water partition coefficient (Wildman–Crippen LogP) is 4.63. The summed E-state index contributed by atoms with van der Waals surface area (Å²) in [7, 11) is -3.59. The zero-order valence-corrected chi connectivity index (χ0v) is 23.2. The fourth-order valence-corrected chi connectivity index (χ4v) is 7.62. The summed E-state index contributed by atoms with van der Waals surface area (Å²) in [6.45, 7) is 6.66. The quantitative estimate of drug-likeness (QED) is 0.441. The van der Waals surface area contributed by atoms with E-state index in [-0.39, 0.29) is 16.7 Å². The van der Waals surface area contributed by atoms with Crippen LogP contribution in [0.3, 0.4) is 0 Å². The van der Waals surface area contributed by atoms with Gasteiger partial charge in [-0.3, -0.25) is 9.69 Å². The summed E-state index contributed by atoms with van der Waals surface area (Å²) in [5.74, 6) is 0.139. The first-order valence-corrected chi connectivity index (χ1v) is 15.3. The lowest BCUT2D eigenvalue weighted by Gasteiger charge is -2.34. The maximum absolute atomic E-state index is 13.1. The lowest BCUT2D eigenvalue weighted by Crippen LogP contribution is -2.48. The number of carbonyl (C=O) groups is 1. The van der Waals surface area contributed by atoms with Crippen LogP contribution in [-0.4, -0.2) is 72.7 Å². The molecule has 0 aliphatic carbocycles.